The number of ether oxygens (including phenoxy) is 2. The van der Waals surface area contributed by atoms with E-state index < -0.39 is 0 Å². The maximum atomic E-state index is 6.02. The maximum Gasteiger partial charge on any atom is 0.104 e. The quantitative estimate of drug-likeness (QED) is 0.846. The largest absolute Gasteiger partial charge is 0.378 e. The molecule has 1 unspecified atom stereocenters. The van der Waals surface area contributed by atoms with E-state index in [2.05, 4.69) is 28.9 Å². The Morgan fingerprint density at radius 2 is 2.30 bits per heavy atom. The molecule has 0 saturated carbocycles. The smallest absolute Gasteiger partial charge is 0.104 e. The summed E-state index contributed by atoms with van der Waals surface area (Å²) < 4.78 is 11.6. The lowest BCUT2D eigenvalue weighted by molar-refractivity contribution is -0.169. The molecule has 0 amide bonds. The van der Waals surface area contributed by atoms with E-state index >= 15 is 0 Å². The summed E-state index contributed by atoms with van der Waals surface area (Å²) in [4.78, 5) is 7.01. The minimum absolute atomic E-state index is 0.0696. The minimum atomic E-state index is -0.0696. The average molecular weight is 276 g/mol. The second-order valence-electron chi connectivity index (χ2n) is 5.91. The molecule has 1 spiro atoms. The molecular formula is C16H24N2O2. The lowest BCUT2D eigenvalue weighted by atomic mass is 9.94. The van der Waals surface area contributed by atoms with E-state index in [0.29, 0.717) is 0 Å². The van der Waals surface area contributed by atoms with Crippen molar-refractivity contribution in [3.63, 3.8) is 0 Å². The Kier molecular flexibility index (Phi) is 4.34. The van der Waals surface area contributed by atoms with Crippen LogP contribution in [-0.4, -0.2) is 48.4 Å². The lowest BCUT2D eigenvalue weighted by Gasteiger charge is -2.44. The number of hydrogen-bond acceptors (Lipinski definition) is 4. The lowest BCUT2D eigenvalue weighted by Crippen LogP contribution is -2.55. The van der Waals surface area contributed by atoms with Gasteiger partial charge in [0.05, 0.1) is 18.9 Å². The third-order valence-corrected chi connectivity index (χ3v) is 4.29. The van der Waals surface area contributed by atoms with Gasteiger partial charge in [0, 0.05) is 32.4 Å². The van der Waals surface area contributed by atoms with Gasteiger partial charge in [-0.1, -0.05) is 13.0 Å². The van der Waals surface area contributed by atoms with Crippen LogP contribution >= 0.6 is 0 Å². The van der Waals surface area contributed by atoms with Crippen LogP contribution < -0.4 is 0 Å². The highest BCUT2D eigenvalue weighted by molar-refractivity contribution is 5.14. The molecule has 4 heteroatoms. The van der Waals surface area contributed by atoms with Crippen LogP contribution in [0, 0.1) is 0 Å². The topological polar surface area (TPSA) is 34.6 Å². The highest BCUT2D eigenvalue weighted by Crippen LogP contribution is 2.28. The van der Waals surface area contributed by atoms with Gasteiger partial charge < -0.3 is 9.47 Å². The molecule has 4 nitrogen and oxygen atoms in total. The first-order chi connectivity index (χ1) is 9.80. The van der Waals surface area contributed by atoms with Crippen molar-refractivity contribution >= 4 is 0 Å². The number of morpholine rings is 1. The highest BCUT2D eigenvalue weighted by Gasteiger charge is 2.38. The van der Waals surface area contributed by atoms with Crippen LogP contribution in [0.2, 0.25) is 0 Å². The Morgan fingerprint density at radius 1 is 1.35 bits per heavy atom. The number of aromatic nitrogens is 1. The van der Waals surface area contributed by atoms with Gasteiger partial charge in [0.1, 0.15) is 5.60 Å². The third-order valence-electron chi connectivity index (χ3n) is 4.29. The van der Waals surface area contributed by atoms with Gasteiger partial charge in [0.2, 0.25) is 0 Å². The van der Waals surface area contributed by atoms with E-state index in [1.807, 2.05) is 6.20 Å². The molecule has 3 heterocycles. The van der Waals surface area contributed by atoms with Crippen molar-refractivity contribution in [3.8, 4) is 0 Å². The maximum absolute atomic E-state index is 6.02. The van der Waals surface area contributed by atoms with Gasteiger partial charge in [-0.05, 0) is 30.9 Å². The normalized spacial score (nSPS) is 27.9. The van der Waals surface area contributed by atoms with Gasteiger partial charge in [0.15, 0.2) is 0 Å². The molecule has 2 aliphatic heterocycles. The monoisotopic (exact) mass is 276 g/mol. The van der Waals surface area contributed by atoms with Crippen LogP contribution in [-0.2, 0) is 22.4 Å². The number of aryl methyl sites for hydroxylation is 1. The van der Waals surface area contributed by atoms with Crippen LogP contribution in [0.1, 0.15) is 31.0 Å². The fraction of sp³-hybridized carbons (Fsp3) is 0.688. The molecule has 2 aliphatic rings. The molecule has 110 valence electrons. The van der Waals surface area contributed by atoms with Gasteiger partial charge in [-0.2, -0.15) is 0 Å². The van der Waals surface area contributed by atoms with Gasteiger partial charge in [-0.25, -0.2) is 0 Å². The van der Waals surface area contributed by atoms with Gasteiger partial charge in [-0.3, -0.25) is 9.88 Å². The average Bonchev–Trinajstić information content (AvgIpc) is 2.49. The Balaban J connectivity index is 1.61. The van der Waals surface area contributed by atoms with E-state index in [1.165, 1.54) is 5.56 Å². The first kappa shape index (κ1) is 14.0. The Morgan fingerprint density at radius 3 is 3.00 bits per heavy atom. The molecule has 0 aliphatic carbocycles. The number of nitrogens with zero attached hydrogens (tertiary/aromatic N) is 2. The molecule has 1 aromatic heterocycles. The van der Waals surface area contributed by atoms with Crippen molar-refractivity contribution in [2.45, 2.75) is 38.3 Å². The van der Waals surface area contributed by atoms with E-state index in [1.54, 1.807) is 0 Å². The third kappa shape index (κ3) is 3.19. The van der Waals surface area contributed by atoms with Gasteiger partial charge in [-0.15, -0.1) is 0 Å². The minimum Gasteiger partial charge on any atom is -0.378 e. The van der Waals surface area contributed by atoms with E-state index in [0.717, 1.165) is 64.4 Å². The molecule has 1 aromatic rings. The van der Waals surface area contributed by atoms with Crippen molar-refractivity contribution in [2.75, 3.05) is 32.9 Å². The zero-order valence-corrected chi connectivity index (χ0v) is 12.3. The van der Waals surface area contributed by atoms with Crippen LogP contribution in [0.15, 0.2) is 18.3 Å². The number of pyridine rings is 1. The fourth-order valence-electron chi connectivity index (χ4n) is 3.11. The summed E-state index contributed by atoms with van der Waals surface area (Å²) >= 11 is 0. The van der Waals surface area contributed by atoms with Crippen molar-refractivity contribution < 1.29 is 9.47 Å². The summed E-state index contributed by atoms with van der Waals surface area (Å²) in [5.41, 5.74) is 2.38. The standard InChI is InChI=1S/C16H24N2O2/c1-2-14-4-5-15(17-10-14)11-18-7-9-20-16(12-18)6-3-8-19-13-16/h4-5,10H,2-3,6-9,11-13H2,1H3. The van der Waals surface area contributed by atoms with E-state index in [4.69, 9.17) is 9.47 Å². The molecule has 0 bridgehead atoms. The molecule has 3 rings (SSSR count). The summed E-state index contributed by atoms with van der Waals surface area (Å²) in [6.45, 7) is 7.44. The molecule has 20 heavy (non-hydrogen) atoms. The predicted octanol–water partition coefficient (Wildman–Crippen LogP) is 2.03. The first-order valence-corrected chi connectivity index (χ1v) is 7.67. The molecular weight excluding hydrogens is 252 g/mol. The number of rotatable bonds is 3. The molecule has 2 saturated heterocycles. The second-order valence-corrected chi connectivity index (χ2v) is 5.91. The number of hydrogen-bond donors (Lipinski definition) is 0. The fourth-order valence-corrected chi connectivity index (χ4v) is 3.11. The van der Waals surface area contributed by atoms with Crippen molar-refractivity contribution in [2.24, 2.45) is 0 Å². The predicted molar refractivity (Wildman–Crippen MR) is 77.6 cm³/mol. The molecule has 0 radical (unpaired) electrons. The van der Waals surface area contributed by atoms with E-state index in [9.17, 15) is 0 Å². The van der Waals surface area contributed by atoms with Crippen LogP contribution in [0.3, 0.4) is 0 Å². The summed E-state index contributed by atoms with van der Waals surface area (Å²) in [5, 5.41) is 0. The summed E-state index contributed by atoms with van der Waals surface area (Å²) in [6.07, 6.45) is 5.27. The summed E-state index contributed by atoms with van der Waals surface area (Å²) in [6, 6.07) is 4.33. The molecule has 0 aromatic carbocycles. The molecule has 1 atom stereocenters. The van der Waals surface area contributed by atoms with Crippen molar-refractivity contribution in [1.29, 1.82) is 0 Å². The van der Waals surface area contributed by atoms with Crippen LogP contribution in [0.4, 0.5) is 0 Å². The zero-order valence-electron chi connectivity index (χ0n) is 12.3. The Labute approximate surface area is 121 Å². The van der Waals surface area contributed by atoms with Crippen LogP contribution in [0.5, 0.6) is 0 Å². The Bertz CT molecular complexity index is 421. The van der Waals surface area contributed by atoms with Crippen molar-refractivity contribution in [3.05, 3.63) is 29.6 Å². The molecule has 2 fully saturated rings. The summed E-state index contributed by atoms with van der Waals surface area (Å²) in [7, 11) is 0. The highest BCUT2D eigenvalue weighted by atomic mass is 16.5. The van der Waals surface area contributed by atoms with E-state index in [-0.39, 0.29) is 5.60 Å². The molecule has 0 N–H and O–H groups in total. The zero-order chi connectivity index (χ0) is 13.8. The Hall–Kier alpha value is -0.970. The van der Waals surface area contributed by atoms with Gasteiger partial charge >= 0.3 is 0 Å². The van der Waals surface area contributed by atoms with Crippen molar-refractivity contribution in [1.82, 2.24) is 9.88 Å². The second kappa shape index (κ2) is 6.20. The van der Waals surface area contributed by atoms with Gasteiger partial charge in [0.25, 0.3) is 0 Å². The summed E-state index contributed by atoms with van der Waals surface area (Å²) in [5.74, 6) is 0. The first-order valence-electron chi connectivity index (χ1n) is 7.67. The SMILES string of the molecule is CCc1ccc(CN2CCOC3(CCCOC3)C2)nc1. The van der Waals surface area contributed by atoms with Crippen LogP contribution in [0.25, 0.3) is 0 Å².